The smallest absolute Gasteiger partial charge is 0.365 e. The fourth-order valence-electron chi connectivity index (χ4n) is 3.31. The number of alkyl halides is 3. The third-order valence-electron chi connectivity index (χ3n) is 4.63. The molecular weight excluding hydrogens is 377 g/mol. The molecule has 0 radical (unpaired) electrons. The van der Waals surface area contributed by atoms with Gasteiger partial charge in [-0.15, -0.1) is 11.3 Å². The first-order valence-electron chi connectivity index (χ1n) is 8.55. The molecular formula is C19H19F3N2O2S. The van der Waals surface area contributed by atoms with Gasteiger partial charge < -0.3 is 11.1 Å². The van der Waals surface area contributed by atoms with Crippen LogP contribution in [0.4, 0.5) is 18.2 Å². The number of hydrogen-bond donors (Lipinski definition) is 2. The molecule has 144 valence electrons. The van der Waals surface area contributed by atoms with Crippen molar-refractivity contribution in [2.45, 2.75) is 38.8 Å². The van der Waals surface area contributed by atoms with Crippen molar-refractivity contribution in [3.8, 4) is 0 Å². The van der Waals surface area contributed by atoms with Crippen molar-refractivity contribution in [1.82, 2.24) is 0 Å². The van der Waals surface area contributed by atoms with Crippen molar-refractivity contribution in [3.63, 3.8) is 0 Å². The number of thiophene rings is 1. The SMILES string of the molecule is C[C@@H]1CCc2c(sc(NC(=O)Cc3cccc(C(F)(F)F)c3)c2C(N)=O)C1. The first-order chi connectivity index (χ1) is 12.6. The summed E-state index contributed by atoms with van der Waals surface area (Å²) >= 11 is 1.33. The number of amides is 2. The molecule has 2 amide bonds. The van der Waals surface area contributed by atoms with Crippen LogP contribution in [0.1, 0.15) is 45.3 Å². The van der Waals surface area contributed by atoms with E-state index in [0.717, 1.165) is 41.8 Å². The lowest BCUT2D eigenvalue weighted by atomic mass is 9.88. The maximum Gasteiger partial charge on any atom is 0.416 e. The Hall–Kier alpha value is -2.35. The Morgan fingerprint density at radius 2 is 2.07 bits per heavy atom. The minimum atomic E-state index is -4.46. The van der Waals surface area contributed by atoms with Gasteiger partial charge in [-0.2, -0.15) is 13.2 Å². The summed E-state index contributed by atoms with van der Waals surface area (Å²) < 4.78 is 38.4. The van der Waals surface area contributed by atoms with Crippen LogP contribution < -0.4 is 11.1 Å². The molecule has 4 nitrogen and oxygen atoms in total. The molecule has 1 aromatic carbocycles. The van der Waals surface area contributed by atoms with Gasteiger partial charge in [0, 0.05) is 4.88 Å². The minimum Gasteiger partial charge on any atom is -0.365 e. The number of rotatable bonds is 4. The van der Waals surface area contributed by atoms with E-state index in [-0.39, 0.29) is 12.0 Å². The summed E-state index contributed by atoms with van der Waals surface area (Å²) in [6, 6.07) is 4.65. The maximum absolute atomic E-state index is 12.8. The summed E-state index contributed by atoms with van der Waals surface area (Å²) in [6.45, 7) is 2.12. The lowest BCUT2D eigenvalue weighted by Crippen LogP contribution is -2.20. The molecule has 1 atom stereocenters. The Labute approximate surface area is 158 Å². The molecule has 0 aliphatic heterocycles. The minimum absolute atomic E-state index is 0.221. The Balaban J connectivity index is 1.80. The van der Waals surface area contributed by atoms with E-state index in [2.05, 4.69) is 12.2 Å². The highest BCUT2D eigenvalue weighted by molar-refractivity contribution is 7.17. The Morgan fingerprint density at radius 3 is 2.74 bits per heavy atom. The molecule has 0 saturated heterocycles. The zero-order valence-electron chi connectivity index (χ0n) is 14.7. The lowest BCUT2D eigenvalue weighted by Gasteiger charge is -2.18. The molecule has 0 bridgehead atoms. The topological polar surface area (TPSA) is 72.2 Å². The van der Waals surface area contributed by atoms with Gasteiger partial charge in [-0.1, -0.05) is 25.1 Å². The predicted molar refractivity (Wildman–Crippen MR) is 97.8 cm³/mol. The van der Waals surface area contributed by atoms with Crippen LogP contribution in [-0.4, -0.2) is 11.8 Å². The molecule has 1 heterocycles. The van der Waals surface area contributed by atoms with Crippen molar-refractivity contribution in [2.24, 2.45) is 11.7 Å². The van der Waals surface area contributed by atoms with E-state index in [1.165, 1.54) is 23.5 Å². The molecule has 1 aliphatic rings. The van der Waals surface area contributed by atoms with E-state index in [1.54, 1.807) is 0 Å². The Bertz CT molecular complexity index is 890. The van der Waals surface area contributed by atoms with Crippen LogP contribution in [-0.2, 0) is 30.2 Å². The number of anilines is 1. The summed E-state index contributed by atoms with van der Waals surface area (Å²) in [5.41, 5.74) is 6.17. The highest BCUT2D eigenvalue weighted by atomic mass is 32.1. The van der Waals surface area contributed by atoms with Crippen LogP contribution in [0.2, 0.25) is 0 Å². The average Bonchev–Trinajstić information content (AvgIpc) is 2.90. The van der Waals surface area contributed by atoms with E-state index in [4.69, 9.17) is 5.73 Å². The van der Waals surface area contributed by atoms with Crippen molar-refractivity contribution in [3.05, 3.63) is 51.4 Å². The van der Waals surface area contributed by atoms with Crippen molar-refractivity contribution in [1.29, 1.82) is 0 Å². The summed E-state index contributed by atoms with van der Waals surface area (Å²) in [4.78, 5) is 25.3. The van der Waals surface area contributed by atoms with Crippen molar-refractivity contribution < 1.29 is 22.8 Å². The predicted octanol–water partition coefficient (Wildman–Crippen LogP) is 4.17. The molecule has 0 spiro atoms. The Kier molecular flexibility index (Phi) is 5.28. The van der Waals surface area contributed by atoms with E-state index in [1.807, 2.05) is 0 Å². The molecule has 8 heteroatoms. The number of fused-ring (bicyclic) bond motifs is 1. The summed E-state index contributed by atoms with van der Waals surface area (Å²) in [7, 11) is 0. The number of primary amides is 1. The fraction of sp³-hybridized carbons (Fsp3) is 0.368. The maximum atomic E-state index is 12.8. The fourth-order valence-corrected chi connectivity index (χ4v) is 4.75. The molecule has 3 rings (SSSR count). The zero-order valence-corrected chi connectivity index (χ0v) is 15.5. The van der Waals surface area contributed by atoms with E-state index >= 15 is 0 Å². The lowest BCUT2D eigenvalue weighted by molar-refractivity contribution is -0.137. The van der Waals surface area contributed by atoms with E-state index < -0.39 is 23.6 Å². The van der Waals surface area contributed by atoms with Crippen LogP contribution in [0.5, 0.6) is 0 Å². The van der Waals surface area contributed by atoms with Gasteiger partial charge in [0.15, 0.2) is 0 Å². The van der Waals surface area contributed by atoms with Gasteiger partial charge in [0.05, 0.1) is 17.5 Å². The standard InChI is InChI=1S/C19H19F3N2O2S/c1-10-5-6-13-14(7-10)27-18(16(13)17(23)26)24-15(25)9-11-3-2-4-12(8-11)19(20,21)22/h2-4,8,10H,5-7,9H2,1H3,(H2,23,26)(H,24,25)/t10-/m1/s1. The first-order valence-corrected chi connectivity index (χ1v) is 9.37. The second kappa shape index (κ2) is 7.34. The summed E-state index contributed by atoms with van der Waals surface area (Å²) in [5, 5.41) is 3.06. The third kappa shape index (κ3) is 4.32. The van der Waals surface area contributed by atoms with Gasteiger partial charge in [-0.05, 0) is 42.4 Å². The number of halogens is 3. The number of carbonyl (C=O) groups excluding carboxylic acids is 2. The summed E-state index contributed by atoms with van der Waals surface area (Å²) in [5.74, 6) is -0.592. The molecule has 0 fully saturated rings. The van der Waals surface area contributed by atoms with Crippen molar-refractivity contribution >= 4 is 28.2 Å². The molecule has 27 heavy (non-hydrogen) atoms. The Morgan fingerprint density at radius 1 is 1.33 bits per heavy atom. The monoisotopic (exact) mass is 396 g/mol. The van der Waals surface area contributed by atoms with Crippen LogP contribution in [0.15, 0.2) is 24.3 Å². The van der Waals surface area contributed by atoms with Crippen molar-refractivity contribution in [2.75, 3.05) is 5.32 Å². The molecule has 3 N–H and O–H groups in total. The van der Waals surface area contributed by atoms with Crippen LogP contribution in [0, 0.1) is 5.92 Å². The summed E-state index contributed by atoms with van der Waals surface area (Å²) in [6.07, 6.45) is -2.18. The molecule has 0 unspecified atom stereocenters. The van der Waals surface area contributed by atoms with Gasteiger partial charge in [0.25, 0.3) is 5.91 Å². The zero-order chi connectivity index (χ0) is 19.8. The normalized spacial score (nSPS) is 16.7. The van der Waals surface area contributed by atoms with Gasteiger partial charge in [0.1, 0.15) is 5.00 Å². The van der Waals surface area contributed by atoms with Gasteiger partial charge >= 0.3 is 6.18 Å². The highest BCUT2D eigenvalue weighted by Gasteiger charge is 2.31. The van der Waals surface area contributed by atoms with Gasteiger partial charge in [-0.25, -0.2) is 0 Å². The average molecular weight is 396 g/mol. The number of carbonyl (C=O) groups is 2. The van der Waals surface area contributed by atoms with E-state index in [9.17, 15) is 22.8 Å². The van der Waals surface area contributed by atoms with Crippen LogP contribution in [0.25, 0.3) is 0 Å². The molecule has 0 saturated carbocycles. The molecule has 1 aliphatic carbocycles. The third-order valence-corrected chi connectivity index (χ3v) is 5.80. The number of nitrogens with two attached hydrogens (primary N) is 1. The molecule has 2 aromatic rings. The van der Waals surface area contributed by atoms with Gasteiger partial charge in [-0.3, -0.25) is 9.59 Å². The highest BCUT2D eigenvalue weighted by Crippen LogP contribution is 2.39. The largest absolute Gasteiger partial charge is 0.416 e. The van der Waals surface area contributed by atoms with Crippen LogP contribution in [0.3, 0.4) is 0 Å². The van der Waals surface area contributed by atoms with E-state index in [0.29, 0.717) is 16.5 Å². The van der Waals surface area contributed by atoms with Gasteiger partial charge in [0.2, 0.25) is 5.91 Å². The number of hydrogen-bond acceptors (Lipinski definition) is 3. The quantitative estimate of drug-likeness (QED) is 0.814. The second-order valence-corrected chi connectivity index (χ2v) is 7.95. The number of benzene rings is 1. The second-order valence-electron chi connectivity index (χ2n) is 6.84. The van der Waals surface area contributed by atoms with Crippen LogP contribution >= 0.6 is 11.3 Å². The first kappa shape index (κ1) is 19.4. The molecule has 1 aromatic heterocycles. The number of nitrogens with one attached hydrogen (secondary N) is 1.